The van der Waals surface area contributed by atoms with Gasteiger partial charge >= 0.3 is 24.3 Å². The van der Waals surface area contributed by atoms with E-state index in [0.717, 1.165) is 34.3 Å². The van der Waals surface area contributed by atoms with Crippen molar-refractivity contribution in [2.75, 3.05) is 27.2 Å². The summed E-state index contributed by atoms with van der Waals surface area (Å²) in [5.41, 5.74) is 1.42. The number of aromatic nitrogens is 2. The van der Waals surface area contributed by atoms with E-state index in [1.807, 2.05) is 42.5 Å². The third-order valence-electron chi connectivity index (χ3n) is 7.14. The molecule has 18 heteroatoms. The Balaban J connectivity index is 0.000000376. The highest BCUT2D eigenvalue weighted by atomic mass is 32.1. The second-order valence-electron chi connectivity index (χ2n) is 10.3. The molecule has 4 aromatic rings. The molecule has 0 bridgehead atoms. The third kappa shape index (κ3) is 9.43. The lowest BCUT2D eigenvalue weighted by molar-refractivity contribution is -0.193. The first-order valence-corrected chi connectivity index (χ1v) is 14.9. The molecule has 1 aromatic carbocycles. The number of methoxy groups -OCH3 is 1. The van der Waals surface area contributed by atoms with Crippen molar-refractivity contribution in [2.24, 2.45) is 0 Å². The normalized spacial score (nSPS) is 14.9. The second kappa shape index (κ2) is 15.9. The van der Waals surface area contributed by atoms with Gasteiger partial charge in [0, 0.05) is 24.2 Å². The first-order chi connectivity index (χ1) is 22.5. The Hall–Kier alpha value is -4.71. The van der Waals surface area contributed by atoms with Crippen molar-refractivity contribution in [3.8, 4) is 5.75 Å². The number of para-hydroxylation sites is 1. The van der Waals surface area contributed by atoms with Crippen LogP contribution in [0, 0.1) is 0 Å². The monoisotopic (exact) mass is 704 g/mol. The highest BCUT2D eigenvalue weighted by molar-refractivity contribution is 7.22. The maximum absolute atomic E-state index is 13.7. The maximum Gasteiger partial charge on any atom is 0.490 e. The van der Waals surface area contributed by atoms with Gasteiger partial charge in [0.15, 0.2) is 5.75 Å². The van der Waals surface area contributed by atoms with Gasteiger partial charge in [-0.05, 0) is 51.1 Å². The van der Waals surface area contributed by atoms with Crippen LogP contribution in [-0.2, 0) is 16.1 Å². The molecule has 1 aliphatic rings. The zero-order valence-electron chi connectivity index (χ0n) is 25.4. The Morgan fingerprint density at radius 1 is 1.02 bits per heavy atom. The van der Waals surface area contributed by atoms with E-state index in [0.29, 0.717) is 35.1 Å². The number of pyridine rings is 2. The van der Waals surface area contributed by atoms with Crippen molar-refractivity contribution in [1.29, 1.82) is 0 Å². The average molecular weight is 705 g/mol. The number of carbonyl (C=O) groups is 3. The smallest absolute Gasteiger partial charge is 0.490 e. The molecule has 1 atom stereocenters. The van der Waals surface area contributed by atoms with Crippen LogP contribution in [0.4, 0.5) is 26.3 Å². The number of benzene rings is 1. The molecule has 1 unspecified atom stereocenters. The van der Waals surface area contributed by atoms with E-state index in [1.165, 1.54) is 31.3 Å². The van der Waals surface area contributed by atoms with Gasteiger partial charge in [-0.1, -0.05) is 24.3 Å². The van der Waals surface area contributed by atoms with E-state index in [-0.39, 0.29) is 11.5 Å². The highest BCUT2D eigenvalue weighted by Gasteiger charge is 2.39. The van der Waals surface area contributed by atoms with Gasteiger partial charge in [-0.3, -0.25) is 14.6 Å². The average Bonchev–Trinajstić information content (AvgIpc) is 3.63. The van der Waals surface area contributed by atoms with Crippen LogP contribution in [0.25, 0.3) is 21.0 Å². The number of fused-ring (bicyclic) bond motifs is 3. The molecular formula is C30H30F6N4O7S. The third-order valence-corrected chi connectivity index (χ3v) is 8.34. The number of hydrogen-bond acceptors (Lipinski definition) is 8. The predicted molar refractivity (Wildman–Crippen MR) is 163 cm³/mol. The summed E-state index contributed by atoms with van der Waals surface area (Å²) >= 11 is 1.32. The minimum atomic E-state index is -5.08. The van der Waals surface area contributed by atoms with Gasteiger partial charge in [0.25, 0.3) is 11.5 Å². The molecule has 3 aromatic heterocycles. The van der Waals surface area contributed by atoms with Gasteiger partial charge in [-0.2, -0.15) is 26.3 Å². The summed E-state index contributed by atoms with van der Waals surface area (Å²) < 4.78 is 71.6. The molecular weight excluding hydrogens is 674 g/mol. The molecule has 260 valence electrons. The number of amides is 1. The number of carbonyl (C=O) groups excluding carboxylic acids is 1. The van der Waals surface area contributed by atoms with Gasteiger partial charge < -0.3 is 29.7 Å². The number of carboxylic acids is 2. The lowest BCUT2D eigenvalue weighted by Gasteiger charge is -2.19. The molecule has 5 rings (SSSR count). The summed E-state index contributed by atoms with van der Waals surface area (Å²) in [4.78, 5) is 51.8. The van der Waals surface area contributed by atoms with Crippen LogP contribution in [0.5, 0.6) is 5.75 Å². The molecule has 0 spiro atoms. The first kappa shape index (κ1) is 37.7. The maximum atomic E-state index is 13.7. The predicted octanol–water partition coefficient (Wildman–Crippen LogP) is 5.15. The summed E-state index contributed by atoms with van der Waals surface area (Å²) in [5, 5.41) is 18.7. The van der Waals surface area contributed by atoms with Crippen LogP contribution in [-0.4, -0.2) is 88.2 Å². The molecule has 0 saturated carbocycles. The van der Waals surface area contributed by atoms with E-state index in [2.05, 4.69) is 22.2 Å². The lowest BCUT2D eigenvalue weighted by atomic mass is 10.1. The Kier molecular flexibility index (Phi) is 12.5. The number of halogens is 6. The van der Waals surface area contributed by atoms with Crippen molar-refractivity contribution < 1.29 is 55.7 Å². The van der Waals surface area contributed by atoms with Crippen LogP contribution in [0.3, 0.4) is 0 Å². The van der Waals surface area contributed by atoms with E-state index < -0.39 is 24.3 Å². The molecule has 1 saturated heterocycles. The molecule has 0 radical (unpaired) electrons. The summed E-state index contributed by atoms with van der Waals surface area (Å²) in [7, 11) is 3.65. The van der Waals surface area contributed by atoms with Gasteiger partial charge in [0.05, 0.1) is 29.6 Å². The van der Waals surface area contributed by atoms with Crippen molar-refractivity contribution >= 4 is 50.2 Å². The van der Waals surface area contributed by atoms with Crippen molar-refractivity contribution in [2.45, 2.75) is 44.2 Å². The summed E-state index contributed by atoms with van der Waals surface area (Å²) in [6, 6.07) is 13.9. The van der Waals surface area contributed by atoms with Gasteiger partial charge in [0.2, 0.25) is 0 Å². The second-order valence-corrected chi connectivity index (χ2v) is 11.3. The number of thiophene rings is 1. The van der Waals surface area contributed by atoms with Crippen LogP contribution in [0.1, 0.15) is 34.6 Å². The first-order valence-electron chi connectivity index (χ1n) is 14.1. The molecule has 11 nitrogen and oxygen atoms in total. The molecule has 1 aliphatic heterocycles. The van der Waals surface area contributed by atoms with E-state index in [1.54, 1.807) is 10.8 Å². The van der Waals surface area contributed by atoms with Crippen LogP contribution < -0.4 is 15.6 Å². The number of rotatable bonds is 7. The number of ether oxygens (including phenoxy) is 1. The number of likely N-dealkylation sites (tertiary alicyclic amines) is 1. The highest BCUT2D eigenvalue weighted by Crippen LogP contribution is 2.39. The van der Waals surface area contributed by atoms with Crippen molar-refractivity contribution in [3.63, 3.8) is 0 Å². The quantitative estimate of drug-likeness (QED) is 0.222. The zero-order valence-corrected chi connectivity index (χ0v) is 26.2. The van der Waals surface area contributed by atoms with Crippen LogP contribution in [0.2, 0.25) is 0 Å². The summed E-state index contributed by atoms with van der Waals surface area (Å²) in [5.74, 6) is -5.36. The Bertz CT molecular complexity index is 1790. The molecule has 1 fully saturated rings. The van der Waals surface area contributed by atoms with E-state index >= 15 is 0 Å². The number of nitrogens with zero attached hydrogens (tertiary/aromatic N) is 3. The summed E-state index contributed by atoms with van der Waals surface area (Å²) in [6.07, 6.45) is -5.16. The number of hydrogen-bond donors (Lipinski definition) is 3. The van der Waals surface area contributed by atoms with Gasteiger partial charge in [-0.15, -0.1) is 11.3 Å². The van der Waals surface area contributed by atoms with Gasteiger partial charge in [-0.25, -0.2) is 9.59 Å². The van der Waals surface area contributed by atoms with Crippen molar-refractivity contribution in [1.82, 2.24) is 19.8 Å². The van der Waals surface area contributed by atoms with E-state index in [4.69, 9.17) is 24.5 Å². The molecule has 0 aliphatic carbocycles. The number of alkyl halides is 6. The minimum absolute atomic E-state index is 0.181. The van der Waals surface area contributed by atoms with Crippen molar-refractivity contribution in [3.05, 3.63) is 69.6 Å². The summed E-state index contributed by atoms with van der Waals surface area (Å²) in [6.45, 7) is 2.04. The number of carboxylic acid groups (broad SMARTS) is 2. The molecule has 48 heavy (non-hydrogen) atoms. The SMILES string of the molecule is COc1c(C(=O)NCCC2CCCN2C)sc2c1c(=O)n(Cc1ccccn1)c1ccccc21.O=C(O)C(F)(F)F.O=C(O)C(F)(F)F. The van der Waals surface area contributed by atoms with E-state index in [9.17, 15) is 35.9 Å². The Morgan fingerprint density at radius 2 is 1.62 bits per heavy atom. The molecule has 3 N–H and O–H groups in total. The topological polar surface area (TPSA) is 151 Å². The van der Waals surface area contributed by atoms with Crippen LogP contribution >= 0.6 is 11.3 Å². The Labute approximate surface area is 272 Å². The lowest BCUT2D eigenvalue weighted by Crippen LogP contribution is -2.31. The standard InChI is InChI=1S/C26H28N4O3S.2C2HF3O2/c1-29-15-7-9-18(29)12-14-28-25(31)24-22(33-2)21-23(34-24)19-10-3-4-11-20(19)30(26(21)32)16-17-8-5-6-13-27-17;2*3-2(4,5)1(6)7/h3-6,8,10-11,13,18H,7,9,12,14-16H2,1-2H3,(H,28,31);2*(H,6,7). The van der Waals surface area contributed by atoms with Gasteiger partial charge in [0.1, 0.15) is 10.3 Å². The molecule has 4 heterocycles. The fourth-order valence-corrected chi connectivity index (χ4v) is 6.09. The van der Waals surface area contributed by atoms with Crippen LogP contribution in [0.15, 0.2) is 53.5 Å². The zero-order chi connectivity index (χ0) is 35.8. The minimum Gasteiger partial charge on any atom is -0.494 e. The fraction of sp³-hybridized carbons (Fsp3) is 0.367. The molecule has 1 amide bonds. The largest absolute Gasteiger partial charge is 0.494 e. The number of nitrogens with one attached hydrogen (secondary N) is 1. The Morgan fingerprint density at radius 3 is 2.15 bits per heavy atom. The fourth-order valence-electron chi connectivity index (χ4n) is 4.88. The number of aliphatic carboxylic acids is 2.